The number of piperidine rings is 1. The Morgan fingerprint density at radius 2 is 2.08 bits per heavy atom. The molecule has 1 atom stereocenters. The normalized spacial score (nSPS) is 22.4. The van der Waals surface area contributed by atoms with Gasteiger partial charge in [0.25, 0.3) is 0 Å². The number of carbonyl (C=O) groups is 1. The molecule has 1 amide bonds. The molecule has 0 bridgehead atoms. The van der Waals surface area contributed by atoms with E-state index in [9.17, 15) is 9.18 Å². The Balaban J connectivity index is 1.53. The van der Waals surface area contributed by atoms with Gasteiger partial charge in [0, 0.05) is 31.9 Å². The van der Waals surface area contributed by atoms with E-state index in [-0.39, 0.29) is 5.82 Å². The first kappa shape index (κ1) is 17.2. The lowest BCUT2D eigenvalue weighted by atomic mass is 9.92. The van der Waals surface area contributed by atoms with E-state index in [0.29, 0.717) is 17.8 Å². The number of aromatic nitrogens is 1. The molecule has 1 unspecified atom stereocenters. The highest BCUT2D eigenvalue weighted by Crippen LogP contribution is 2.27. The summed E-state index contributed by atoms with van der Waals surface area (Å²) in [6.07, 6.45) is 12.0. The molecule has 1 aliphatic heterocycles. The molecule has 4 nitrogen and oxygen atoms in total. The van der Waals surface area contributed by atoms with E-state index >= 15 is 0 Å². The first-order chi connectivity index (χ1) is 11.8. The number of anilines is 1. The number of pyridine rings is 1. The molecule has 24 heavy (non-hydrogen) atoms. The van der Waals surface area contributed by atoms with Gasteiger partial charge in [0.2, 0.25) is 6.41 Å². The number of amides is 1. The molecular weight excluding hydrogens is 305 g/mol. The van der Waals surface area contributed by atoms with Gasteiger partial charge in [-0.1, -0.05) is 19.3 Å². The maximum absolute atomic E-state index is 14.0. The van der Waals surface area contributed by atoms with Crippen LogP contribution in [0.3, 0.4) is 0 Å². The largest absolute Gasteiger partial charge is 0.354 e. The second kappa shape index (κ2) is 8.45. The van der Waals surface area contributed by atoms with Crippen molar-refractivity contribution in [1.82, 2.24) is 9.88 Å². The van der Waals surface area contributed by atoms with Gasteiger partial charge in [-0.05, 0) is 50.2 Å². The molecule has 0 radical (unpaired) electrons. The van der Waals surface area contributed by atoms with Crippen LogP contribution in [-0.4, -0.2) is 42.0 Å². The minimum atomic E-state index is -0.241. The van der Waals surface area contributed by atoms with Gasteiger partial charge in [-0.25, -0.2) is 9.37 Å². The first-order valence-corrected chi connectivity index (χ1v) is 9.34. The summed E-state index contributed by atoms with van der Waals surface area (Å²) in [4.78, 5) is 19.7. The number of halogens is 1. The molecule has 0 aromatic carbocycles. The molecule has 2 aliphatic rings. The second-order valence-corrected chi connectivity index (χ2v) is 7.19. The van der Waals surface area contributed by atoms with E-state index in [4.69, 9.17) is 0 Å². The Labute approximate surface area is 144 Å². The standard InChI is InChI=1S/C19H28FN3O/c20-18-9-4-11-21-19(18)22-12-5-6-16(14-22)10-13-23(15-24)17-7-2-1-3-8-17/h4,9,11,15-17H,1-3,5-8,10,12-14H2. The first-order valence-electron chi connectivity index (χ1n) is 9.34. The van der Waals surface area contributed by atoms with E-state index in [1.165, 1.54) is 25.3 Å². The Morgan fingerprint density at radius 3 is 2.83 bits per heavy atom. The molecule has 1 saturated heterocycles. The van der Waals surface area contributed by atoms with Crippen molar-refractivity contribution in [2.45, 2.75) is 57.4 Å². The highest BCUT2D eigenvalue weighted by molar-refractivity contribution is 5.47. The van der Waals surface area contributed by atoms with Gasteiger partial charge in [-0.15, -0.1) is 0 Å². The third-order valence-corrected chi connectivity index (χ3v) is 5.53. The fourth-order valence-electron chi connectivity index (χ4n) is 4.17. The third kappa shape index (κ3) is 4.25. The van der Waals surface area contributed by atoms with Gasteiger partial charge >= 0.3 is 0 Å². The maximum Gasteiger partial charge on any atom is 0.209 e. The highest BCUT2D eigenvalue weighted by Gasteiger charge is 2.25. The van der Waals surface area contributed by atoms with Crippen LogP contribution < -0.4 is 4.90 Å². The minimum Gasteiger partial charge on any atom is -0.354 e. The molecular formula is C19H28FN3O. The van der Waals surface area contributed by atoms with Crippen molar-refractivity contribution >= 4 is 12.2 Å². The summed E-state index contributed by atoms with van der Waals surface area (Å²) >= 11 is 0. The number of hydrogen-bond acceptors (Lipinski definition) is 3. The zero-order chi connectivity index (χ0) is 16.8. The summed E-state index contributed by atoms with van der Waals surface area (Å²) in [6.45, 7) is 2.53. The monoisotopic (exact) mass is 333 g/mol. The van der Waals surface area contributed by atoms with Crippen molar-refractivity contribution in [2.24, 2.45) is 5.92 Å². The van der Waals surface area contributed by atoms with Crippen LogP contribution in [0.25, 0.3) is 0 Å². The van der Waals surface area contributed by atoms with Crippen LogP contribution in [-0.2, 0) is 4.79 Å². The molecule has 2 heterocycles. The molecule has 3 rings (SSSR count). The predicted octanol–water partition coefficient (Wildman–Crippen LogP) is 3.62. The summed E-state index contributed by atoms with van der Waals surface area (Å²) in [5, 5.41) is 0. The summed E-state index contributed by atoms with van der Waals surface area (Å²) in [6, 6.07) is 3.54. The Bertz CT molecular complexity index is 533. The van der Waals surface area contributed by atoms with Crippen molar-refractivity contribution in [3.05, 3.63) is 24.1 Å². The molecule has 1 saturated carbocycles. The minimum absolute atomic E-state index is 0.241. The van der Waals surface area contributed by atoms with Crippen LogP contribution in [0.1, 0.15) is 51.4 Å². The van der Waals surface area contributed by atoms with E-state index in [1.807, 2.05) is 4.90 Å². The number of rotatable bonds is 6. The van der Waals surface area contributed by atoms with Crippen LogP contribution in [0.5, 0.6) is 0 Å². The van der Waals surface area contributed by atoms with Crippen LogP contribution in [0, 0.1) is 11.7 Å². The van der Waals surface area contributed by atoms with E-state index in [2.05, 4.69) is 9.88 Å². The van der Waals surface area contributed by atoms with Gasteiger partial charge < -0.3 is 9.80 Å². The lowest BCUT2D eigenvalue weighted by Crippen LogP contribution is -2.40. The molecule has 1 aliphatic carbocycles. The van der Waals surface area contributed by atoms with Crippen molar-refractivity contribution in [1.29, 1.82) is 0 Å². The Kier molecular flexibility index (Phi) is 6.05. The van der Waals surface area contributed by atoms with Crippen LogP contribution in [0.2, 0.25) is 0 Å². The quantitative estimate of drug-likeness (QED) is 0.746. The van der Waals surface area contributed by atoms with Gasteiger partial charge in [-0.2, -0.15) is 0 Å². The summed E-state index contributed by atoms with van der Waals surface area (Å²) in [5.74, 6) is 0.739. The van der Waals surface area contributed by atoms with Crippen LogP contribution in [0.15, 0.2) is 18.3 Å². The molecule has 0 N–H and O–H groups in total. The molecule has 1 aromatic rings. The lowest BCUT2D eigenvalue weighted by Gasteiger charge is -2.36. The number of nitrogens with zero attached hydrogens (tertiary/aromatic N) is 3. The number of hydrogen-bond donors (Lipinski definition) is 0. The maximum atomic E-state index is 14.0. The average molecular weight is 333 g/mol. The summed E-state index contributed by atoms with van der Waals surface area (Å²) in [7, 11) is 0. The fraction of sp³-hybridized carbons (Fsp3) is 0.684. The number of carbonyl (C=O) groups excluding carboxylic acids is 1. The van der Waals surface area contributed by atoms with Gasteiger partial charge in [0.15, 0.2) is 11.6 Å². The molecule has 5 heteroatoms. The highest BCUT2D eigenvalue weighted by atomic mass is 19.1. The van der Waals surface area contributed by atoms with E-state index in [1.54, 1.807) is 12.3 Å². The second-order valence-electron chi connectivity index (χ2n) is 7.19. The fourth-order valence-corrected chi connectivity index (χ4v) is 4.17. The van der Waals surface area contributed by atoms with Gasteiger partial charge in [-0.3, -0.25) is 4.79 Å². The smallest absolute Gasteiger partial charge is 0.209 e. The lowest BCUT2D eigenvalue weighted by molar-refractivity contribution is -0.121. The van der Waals surface area contributed by atoms with Crippen molar-refractivity contribution in [2.75, 3.05) is 24.5 Å². The summed E-state index contributed by atoms with van der Waals surface area (Å²) in [5.41, 5.74) is 0. The van der Waals surface area contributed by atoms with E-state index in [0.717, 1.165) is 58.1 Å². The summed E-state index contributed by atoms with van der Waals surface area (Å²) < 4.78 is 14.0. The van der Waals surface area contributed by atoms with Crippen molar-refractivity contribution in [3.8, 4) is 0 Å². The zero-order valence-corrected chi connectivity index (χ0v) is 14.4. The van der Waals surface area contributed by atoms with Gasteiger partial charge in [0.1, 0.15) is 0 Å². The third-order valence-electron chi connectivity index (χ3n) is 5.53. The molecule has 132 valence electrons. The molecule has 1 aromatic heterocycles. The molecule has 2 fully saturated rings. The Hall–Kier alpha value is -1.65. The molecule has 0 spiro atoms. The van der Waals surface area contributed by atoms with Crippen molar-refractivity contribution in [3.63, 3.8) is 0 Å². The van der Waals surface area contributed by atoms with E-state index < -0.39 is 0 Å². The van der Waals surface area contributed by atoms with Crippen LogP contribution in [0.4, 0.5) is 10.2 Å². The average Bonchev–Trinajstić information content (AvgIpc) is 2.64. The zero-order valence-electron chi connectivity index (χ0n) is 14.4. The van der Waals surface area contributed by atoms with Crippen molar-refractivity contribution < 1.29 is 9.18 Å². The SMILES string of the molecule is O=CN(CCC1CCCN(c2ncccc2F)C1)C1CCCCC1. The Morgan fingerprint density at radius 1 is 1.25 bits per heavy atom. The predicted molar refractivity (Wildman–Crippen MR) is 93.4 cm³/mol. The van der Waals surface area contributed by atoms with Gasteiger partial charge in [0.05, 0.1) is 0 Å². The van der Waals surface area contributed by atoms with Crippen LogP contribution >= 0.6 is 0 Å². The topological polar surface area (TPSA) is 36.4 Å².